The second-order valence-corrected chi connectivity index (χ2v) is 4.03. The number of nitrogen functional groups attached to an aromatic ring is 1. The highest BCUT2D eigenvalue weighted by Crippen LogP contribution is 2.32. The number of hydrogen-bond acceptors (Lipinski definition) is 2. The van der Waals surface area contributed by atoms with Crippen LogP contribution in [0, 0.1) is 0 Å². The van der Waals surface area contributed by atoms with Crippen molar-refractivity contribution in [3.63, 3.8) is 0 Å². The zero-order valence-corrected chi connectivity index (χ0v) is 9.22. The lowest BCUT2D eigenvalue weighted by Crippen LogP contribution is -2.24. The molecule has 2 aromatic rings. The molecule has 0 aliphatic carbocycles. The summed E-state index contributed by atoms with van der Waals surface area (Å²) in [6.45, 7) is 1.76. The smallest absolute Gasteiger partial charge is 0.114 e. The van der Waals surface area contributed by atoms with E-state index in [0.717, 1.165) is 11.1 Å². The van der Waals surface area contributed by atoms with Crippen LogP contribution in [0.3, 0.4) is 0 Å². The van der Waals surface area contributed by atoms with Gasteiger partial charge in [0, 0.05) is 11.3 Å². The Labute approximate surface area is 95.4 Å². The van der Waals surface area contributed by atoms with E-state index in [1.165, 1.54) is 0 Å². The highest BCUT2D eigenvalue weighted by molar-refractivity contribution is 5.52. The van der Waals surface area contributed by atoms with E-state index in [1.807, 2.05) is 48.5 Å². The van der Waals surface area contributed by atoms with Gasteiger partial charge in [-0.3, -0.25) is 0 Å². The maximum Gasteiger partial charge on any atom is 0.114 e. The zero-order valence-electron chi connectivity index (χ0n) is 9.22. The summed E-state index contributed by atoms with van der Waals surface area (Å²) in [4.78, 5) is 0. The van der Waals surface area contributed by atoms with E-state index < -0.39 is 5.60 Å². The van der Waals surface area contributed by atoms with Crippen molar-refractivity contribution in [3.05, 3.63) is 65.7 Å². The van der Waals surface area contributed by atoms with Crippen LogP contribution >= 0.6 is 0 Å². The summed E-state index contributed by atoms with van der Waals surface area (Å²) < 4.78 is 0. The zero-order chi connectivity index (χ0) is 11.6. The highest BCUT2D eigenvalue weighted by Gasteiger charge is 2.26. The monoisotopic (exact) mass is 213 g/mol. The van der Waals surface area contributed by atoms with Crippen molar-refractivity contribution in [3.8, 4) is 0 Å². The molecule has 0 saturated carbocycles. The molecule has 0 heterocycles. The number of nitrogens with two attached hydrogens (primary N) is 1. The molecule has 0 radical (unpaired) electrons. The first kappa shape index (κ1) is 10.7. The van der Waals surface area contributed by atoms with Gasteiger partial charge in [0.1, 0.15) is 5.60 Å². The van der Waals surface area contributed by atoms with Crippen molar-refractivity contribution in [2.24, 2.45) is 0 Å². The molecule has 0 unspecified atom stereocenters. The number of para-hydroxylation sites is 1. The summed E-state index contributed by atoms with van der Waals surface area (Å²) in [6, 6.07) is 16.9. The van der Waals surface area contributed by atoms with Crippen molar-refractivity contribution in [2.75, 3.05) is 5.73 Å². The van der Waals surface area contributed by atoms with Crippen LogP contribution in [0.4, 0.5) is 5.69 Å². The van der Waals surface area contributed by atoms with E-state index in [9.17, 15) is 5.11 Å². The first-order valence-corrected chi connectivity index (χ1v) is 5.25. The fourth-order valence-corrected chi connectivity index (χ4v) is 1.86. The quantitative estimate of drug-likeness (QED) is 0.753. The van der Waals surface area contributed by atoms with Gasteiger partial charge in [0.15, 0.2) is 0 Å². The van der Waals surface area contributed by atoms with Crippen molar-refractivity contribution >= 4 is 5.69 Å². The predicted octanol–water partition coefficient (Wildman–Crippen LogP) is 2.52. The molecule has 2 rings (SSSR count). The minimum absolute atomic E-state index is 0.608. The normalized spacial score (nSPS) is 14.4. The molecule has 0 aliphatic heterocycles. The van der Waals surface area contributed by atoms with E-state index >= 15 is 0 Å². The van der Waals surface area contributed by atoms with Gasteiger partial charge in [-0.2, -0.15) is 0 Å². The third-order valence-corrected chi connectivity index (χ3v) is 2.82. The molecule has 2 heteroatoms. The first-order valence-electron chi connectivity index (χ1n) is 5.25. The Morgan fingerprint density at radius 1 is 0.938 bits per heavy atom. The van der Waals surface area contributed by atoms with Crippen LogP contribution in [-0.4, -0.2) is 5.11 Å². The summed E-state index contributed by atoms with van der Waals surface area (Å²) in [5.41, 5.74) is 7.02. The molecule has 16 heavy (non-hydrogen) atoms. The maximum absolute atomic E-state index is 10.6. The van der Waals surface area contributed by atoms with Gasteiger partial charge in [0.2, 0.25) is 0 Å². The average molecular weight is 213 g/mol. The van der Waals surface area contributed by atoms with Gasteiger partial charge in [-0.25, -0.2) is 0 Å². The highest BCUT2D eigenvalue weighted by atomic mass is 16.3. The Balaban J connectivity index is 2.51. The van der Waals surface area contributed by atoms with Gasteiger partial charge in [0.05, 0.1) is 0 Å². The Morgan fingerprint density at radius 2 is 1.50 bits per heavy atom. The third-order valence-electron chi connectivity index (χ3n) is 2.82. The van der Waals surface area contributed by atoms with Crippen LogP contribution in [0.2, 0.25) is 0 Å². The van der Waals surface area contributed by atoms with Crippen LogP contribution in [-0.2, 0) is 5.60 Å². The van der Waals surface area contributed by atoms with E-state index in [-0.39, 0.29) is 0 Å². The Bertz CT molecular complexity index is 477. The number of anilines is 1. The van der Waals surface area contributed by atoms with Gasteiger partial charge >= 0.3 is 0 Å². The summed E-state index contributed by atoms with van der Waals surface area (Å²) in [6.07, 6.45) is 0. The molecular weight excluding hydrogens is 198 g/mol. The summed E-state index contributed by atoms with van der Waals surface area (Å²) in [7, 11) is 0. The maximum atomic E-state index is 10.6. The van der Waals surface area contributed by atoms with Crippen molar-refractivity contribution in [2.45, 2.75) is 12.5 Å². The van der Waals surface area contributed by atoms with Gasteiger partial charge in [0.25, 0.3) is 0 Å². The third kappa shape index (κ3) is 1.79. The molecule has 0 aromatic heterocycles. The molecule has 0 amide bonds. The molecule has 2 aromatic carbocycles. The second kappa shape index (κ2) is 3.99. The van der Waals surface area contributed by atoms with E-state index in [2.05, 4.69) is 0 Å². The lowest BCUT2D eigenvalue weighted by Gasteiger charge is -2.25. The lowest BCUT2D eigenvalue weighted by atomic mass is 9.87. The molecule has 0 fully saturated rings. The van der Waals surface area contributed by atoms with Crippen LogP contribution < -0.4 is 5.73 Å². The molecule has 82 valence electrons. The van der Waals surface area contributed by atoms with E-state index in [0.29, 0.717) is 5.69 Å². The van der Waals surface area contributed by atoms with E-state index in [4.69, 9.17) is 5.73 Å². The number of hydrogen-bond donors (Lipinski definition) is 2. The standard InChI is InChI=1S/C14H15NO/c1-14(16,11-7-3-2-4-8-11)12-9-5-6-10-13(12)15/h2-10,16H,15H2,1H3/t14-/m0/s1. The van der Waals surface area contributed by atoms with Crippen LogP contribution in [0.25, 0.3) is 0 Å². The fourth-order valence-electron chi connectivity index (χ4n) is 1.86. The summed E-state index contributed by atoms with van der Waals surface area (Å²) >= 11 is 0. The van der Waals surface area contributed by atoms with Crippen LogP contribution in [0.15, 0.2) is 54.6 Å². The molecule has 3 N–H and O–H groups in total. The molecule has 0 aliphatic rings. The molecule has 0 saturated heterocycles. The topological polar surface area (TPSA) is 46.2 Å². The predicted molar refractivity (Wildman–Crippen MR) is 66.0 cm³/mol. The second-order valence-electron chi connectivity index (χ2n) is 4.03. The molecule has 2 nitrogen and oxygen atoms in total. The molecular formula is C14H15NO. The SMILES string of the molecule is C[C@](O)(c1ccccc1)c1ccccc1N. The minimum Gasteiger partial charge on any atom is -0.398 e. The average Bonchev–Trinajstić information content (AvgIpc) is 2.30. The number of aliphatic hydroxyl groups is 1. The molecule has 0 bridgehead atoms. The largest absolute Gasteiger partial charge is 0.398 e. The van der Waals surface area contributed by atoms with Crippen molar-refractivity contribution < 1.29 is 5.11 Å². The summed E-state index contributed by atoms with van der Waals surface area (Å²) in [5, 5.41) is 10.6. The number of rotatable bonds is 2. The summed E-state index contributed by atoms with van der Waals surface area (Å²) in [5.74, 6) is 0. The van der Waals surface area contributed by atoms with Gasteiger partial charge in [-0.05, 0) is 18.6 Å². The number of benzene rings is 2. The fraction of sp³-hybridized carbons (Fsp3) is 0.143. The van der Waals surface area contributed by atoms with Crippen molar-refractivity contribution in [1.29, 1.82) is 0 Å². The minimum atomic E-state index is -1.05. The Kier molecular flexibility index (Phi) is 2.67. The Hall–Kier alpha value is -1.80. The van der Waals surface area contributed by atoms with Gasteiger partial charge < -0.3 is 10.8 Å². The lowest BCUT2D eigenvalue weighted by molar-refractivity contribution is 0.103. The Morgan fingerprint density at radius 3 is 2.12 bits per heavy atom. The van der Waals surface area contributed by atoms with Gasteiger partial charge in [-0.15, -0.1) is 0 Å². The first-order chi connectivity index (χ1) is 7.62. The van der Waals surface area contributed by atoms with Crippen molar-refractivity contribution in [1.82, 2.24) is 0 Å². The van der Waals surface area contributed by atoms with Crippen LogP contribution in [0.5, 0.6) is 0 Å². The van der Waals surface area contributed by atoms with Gasteiger partial charge in [-0.1, -0.05) is 48.5 Å². The van der Waals surface area contributed by atoms with Crippen LogP contribution in [0.1, 0.15) is 18.1 Å². The molecule has 1 atom stereocenters. The molecule has 0 spiro atoms. The van der Waals surface area contributed by atoms with E-state index in [1.54, 1.807) is 13.0 Å².